The van der Waals surface area contributed by atoms with Gasteiger partial charge in [0.25, 0.3) is 11.7 Å². The summed E-state index contributed by atoms with van der Waals surface area (Å²) >= 11 is 5.04. The third-order valence-corrected chi connectivity index (χ3v) is 2.11. The van der Waals surface area contributed by atoms with Gasteiger partial charge in [0, 0.05) is 6.54 Å². The first kappa shape index (κ1) is 15.6. The van der Waals surface area contributed by atoms with Gasteiger partial charge in [-0.25, -0.2) is 13.8 Å². The molecule has 0 bridgehead atoms. The largest absolute Gasteiger partial charge is 0.573 e. The third kappa shape index (κ3) is 4.00. The van der Waals surface area contributed by atoms with E-state index < -0.39 is 47.3 Å². The van der Waals surface area contributed by atoms with Crippen LogP contribution in [0.2, 0.25) is 0 Å². The summed E-state index contributed by atoms with van der Waals surface area (Å²) in [7, 11) is 0. The summed E-state index contributed by atoms with van der Waals surface area (Å²) in [5.74, 6) is -1.22. The van der Waals surface area contributed by atoms with Crippen molar-refractivity contribution in [1.29, 1.82) is 0 Å². The van der Waals surface area contributed by atoms with Crippen LogP contribution in [-0.4, -0.2) is 16.6 Å². The molecule has 10 heteroatoms. The predicted molar refractivity (Wildman–Crippen MR) is 54.0 cm³/mol. The van der Waals surface area contributed by atoms with Crippen LogP contribution in [0.4, 0.5) is 22.0 Å². The van der Waals surface area contributed by atoms with Crippen LogP contribution in [0.1, 0.15) is 28.2 Å². The van der Waals surface area contributed by atoms with Crippen LogP contribution in [0.15, 0.2) is 6.07 Å². The number of hydrogen-bond acceptors (Lipinski definition) is 4. The predicted octanol–water partition coefficient (Wildman–Crippen LogP) is 2.76. The number of nitrogens with two attached hydrogens (primary N) is 1. The molecule has 0 aliphatic heterocycles. The Morgan fingerprint density at radius 1 is 1.47 bits per heavy atom. The quantitative estimate of drug-likeness (QED) is 0.686. The maximum Gasteiger partial charge on any atom is 0.573 e. The van der Waals surface area contributed by atoms with E-state index in [2.05, 4.69) is 9.72 Å². The SMILES string of the molecule is NCc1nc(C(=O)Cl)cc(C(F)F)c1OC(F)(F)F. The van der Waals surface area contributed by atoms with Crippen molar-refractivity contribution >= 4 is 16.8 Å². The molecule has 0 unspecified atom stereocenters. The first-order valence-electron chi connectivity index (χ1n) is 4.63. The lowest BCUT2D eigenvalue weighted by Gasteiger charge is -2.16. The number of carbonyl (C=O) groups excluding carboxylic acids is 1. The van der Waals surface area contributed by atoms with Gasteiger partial charge >= 0.3 is 6.36 Å². The Morgan fingerprint density at radius 3 is 2.42 bits per heavy atom. The minimum atomic E-state index is -5.19. The molecule has 19 heavy (non-hydrogen) atoms. The molecule has 1 heterocycles. The number of alkyl halides is 5. The van der Waals surface area contributed by atoms with Gasteiger partial charge in [-0.05, 0) is 17.7 Å². The van der Waals surface area contributed by atoms with Crippen molar-refractivity contribution in [1.82, 2.24) is 4.98 Å². The Hall–Kier alpha value is -1.48. The van der Waals surface area contributed by atoms with Crippen molar-refractivity contribution in [3.8, 4) is 5.75 Å². The molecule has 0 aliphatic rings. The molecule has 0 aliphatic carbocycles. The summed E-state index contributed by atoms with van der Waals surface area (Å²) in [6, 6.07) is 0.431. The van der Waals surface area contributed by atoms with Crippen molar-refractivity contribution < 1.29 is 31.5 Å². The van der Waals surface area contributed by atoms with Crippen LogP contribution < -0.4 is 10.5 Å². The van der Waals surface area contributed by atoms with Crippen LogP contribution in [-0.2, 0) is 6.54 Å². The Bertz CT molecular complexity index is 492. The average Bonchev–Trinajstić information content (AvgIpc) is 2.26. The van der Waals surface area contributed by atoms with Crippen molar-refractivity contribution in [3.63, 3.8) is 0 Å². The first-order chi connectivity index (χ1) is 8.65. The molecule has 2 N–H and O–H groups in total. The number of rotatable bonds is 4. The van der Waals surface area contributed by atoms with Gasteiger partial charge in [0.2, 0.25) is 0 Å². The van der Waals surface area contributed by atoms with Crippen molar-refractivity contribution in [2.45, 2.75) is 19.3 Å². The molecule has 0 radical (unpaired) electrons. The Kier molecular flexibility index (Phi) is 4.64. The lowest BCUT2D eigenvalue weighted by atomic mass is 10.1. The first-order valence-corrected chi connectivity index (χ1v) is 5.01. The van der Waals surface area contributed by atoms with Gasteiger partial charge in [-0.2, -0.15) is 0 Å². The van der Waals surface area contributed by atoms with E-state index in [0.717, 1.165) is 0 Å². The summed E-state index contributed by atoms with van der Waals surface area (Å²) in [5, 5.41) is -1.20. The summed E-state index contributed by atoms with van der Waals surface area (Å²) < 4.78 is 65.3. The van der Waals surface area contributed by atoms with E-state index in [1.807, 2.05) is 0 Å². The molecule has 1 rings (SSSR count). The molecule has 106 valence electrons. The summed E-state index contributed by atoms with van der Waals surface area (Å²) in [5.41, 5.74) is 2.67. The zero-order valence-electron chi connectivity index (χ0n) is 8.97. The fourth-order valence-corrected chi connectivity index (χ4v) is 1.34. The fraction of sp³-hybridized carbons (Fsp3) is 0.333. The smallest absolute Gasteiger partial charge is 0.403 e. The summed E-state index contributed by atoms with van der Waals surface area (Å²) in [4.78, 5) is 14.2. The Labute approximate surface area is 108 Å². The highest BCUT2D eigenvalue weighted by molar-refractivity contribution is 6.67. The molecule has 0 saturated heterocycles. The average molecular weight is 305 g/mol. The number of pyridine rings is 1. The number of ether oxygens (including phenoxy) is 1. The normalized spacial score (nSPS) is 11.8. The van der Waals surface area contributed by atoms with Gasteiger partial charge in [0.1, 0.15) is 5.69 Å². The second-order valence-electron chi connectivity index (χ2n) is 3.20. The Morgan fingerprint density at radius 2 is 2.05 bits per heavy atom. The molecule has 0 aromatic carbocycles. The molecule has 0 spiro atoms. The maximum atomic E-state index is 12.7. The monoisotopic (exact) mass is 304 g/mol. The zero-order chi connectivity index (χ0) is 14.8. The number of hydrogen-bond donors (Lipinski definition) is 1. The lowest BCUT2D eigenvalue weighted by molar-refractivity contribution is -0.275. The lowest BCUT2D eigenvalue weighted by Crippen LogP contribution is -2.21. The third-order valence-electron chi connectivity index (χ3n) is 1.92. The summed E-state index contributed by atoms with van der Waals surface area (Å²) in [6.07, 6.45) is -8.51. The minimum Gasteiger partial charge on any atom is -0.403 e. The van der Waals surface area contributed by atoms with Crippen molar-refractivity contribution in [2.24, 2.45) is 5.73 Å². The molecule has 0 amide bonds. The molecular formula is C9H6ClF5N2O2. The van der Waals surface area contributed by atoms with Gasteiger partial charge in [-0.1, -0.05) is 0 Å². The standard InChI is InChI=1S/C9H6ClF5N2O2/c10-7(18)4-1-3(8(11)12)6(5(2-16)17-4)19-9(13,14)15/h1,8H,2,16H2. The molecule has 1 aromatic heterocycles. The Balaban J connectivity index is 3.45. The second kappa shape index (κ2) is 5.66. The maximum absolute atomic E-state index is 12.7. The van der Waals surface area contributed by atoms with Crippen LogP contribution in [0.3, 0.4) is 0 Å². The highest BCUT2D eigenvalue weighted by Crippen LogP contribution is 2.35. The second-order valence-corrected chi connectivity index (χ2v) is 3.54. The highest BCUT2D eigenvalue weighted by atomic mass is 35.5. The van der Waals surface area contributed by atoms with E-state index in [1.54, 1.807) is 0 Å². The van der Waals surface area contributed by atoms with Crippen LogP contribution in [0, 0.1) is 0 Å². The van der Waals surface area contributed by atoms with E-state index in [1.165, 1.54) is 0 Å². The van der Waals surface area contributed by atoms with Gasteiger partial charge in [0.15, 0.2) is 5.75 Å². The van der Waals surface area contributed by atoms with E-state index >= 15 is 0 Å². The number of carbonyl (C=O) groups is 1. The molecule has 4 nitrogen and oxygen atoms in total. The fourth-order valence-electron chi connectivity index (χ4n) is 1.24. The minimum absolute atomic E-state index is 0.431. The van der Waals surface area contributed by atoms with Crippen LogP contribution in [0.25, 0.3) is 0 Å². The topological polar surface area (TPSA) is 65.2 Å². The molecule has 0 fully saturated rings. The van der Waals surface area contributed by atoms with Crippen LogP contribution >= 0.6 is 11.6 Å². The van der Waals surface area contributed by atoms with Crippen molar-refractivity contribution in [3.05, 3.63) is 23.0 Å². The number of aromatic nitrogens is 1. The van der Waals surface area contributed by atoms with Gasteiger partial charge < -0.3 is 10.5 Å². The molecule has 1 aromatic rings. The molecule has 0 saturated carbocycles. The summed E-state index contributed by atoms with van der Waals surface area (Å²) in [6.45, 7) is -0.636. The van der Waals surface area contributed by atoms with E-state index in [9.17, 15) is 26.7 Å². The van der Waals surface area contributed by atoms with Crippen LogP contribution in [0.5, 0.6) is 5.75 Å². The highest BCUT2D eigenvalue weighted by Gasteiger charge is 2.35. The van der Waals surface area contributed by atoms with Gasteiger partial charge in [0.05, 0.1) is 11.3 Å². The molecule has 0 atom stereocenters. The van der Waals surface area contributed by atoms with Crippen molar-refractivity contribution in [2.75, 3.05) is 0 Å². The zero-order valence-corrected chi connectivity index (χ0v) is 9.73. The van der Waals surface area contributed by atoms with E-state index in [4.69, 9.17) is 17.3 Å². The van der Waals surface area contributed by atoms with E-state index in [0.29, 0.717) is 6.07 Å². The van der Waals surface area contributed by atoms with Gasteiger partial charge in [-0.3, -0.25) is 4.79 Å². The van der Waals surface area contributed by atoms with Gasteiger partial charge in [-0.15, -0.1) is 13.2 Å². The number of nitrogens with zero attached hydrogens (tertiary/aromatic N) is 1. The number of halogens is 6. The van der Waals surface area contributed by atoms with E-state index in [-0.39, 0.29) is 0 Å². The molecular weight excluding hydrogens is 299 g/mol.